The molecule has 4 nitrogen and oxygen atoms in total. The number of carboxylic acid groups (broad SMARTS) is 1. The van der Waals surface area contributed by atoms with Crippen molar-refractivity contribution in [2.75, 3.05) is 14.2 Å². The Bertz CT molecular complexity index is 447. The molecule has 0 aromatic carbocycles. The molecule has 18 heavy (non-hydrogen) atoms. The van der Waals surface area contributed by atoms with Crippen molar-refractivity contribution in [1.82, 2.24) is 0 Å². The summed E-state index contributed by atoms with van der Waals surface area (Å²) >= 11 is 14.1. The number of fused-ring (bicyclic) bond motifs is 2. The minimum absolute atomic E-state index is 0.352. The molecule has 0 radical (unpaired) electrons. The number of ether oxygens (including phenoxy) is 2. The first-order valence-corrected chi connectivity index (χ1v) is 8.17. The van der Waals surface area contributed by atoms with Gasteiger partial charge in [0, 0.05) is 23.2 Å². The van der Waals surface area contributed by atoms with Crippen molar-refractivity contribution in [2.24, 2.45) is 5.92 Å². The lowest BCUT2D eigenvalue weighted by Gasteiger charge is -2.41. The second-order valence-electron chi connectivity index (χ2n) is 4.26. The van der Waals surface area contributed by atoms with Gasteiger partial charge in [0.05, 0.1) is 5.92 Å². The zero-order valence-electron chi connectivity index (χ0n) is 9.47. The molecule has 0 aliphatic heterocycles. The number of carbonyl (C=O) groups is 1. The van der Waals surface area contributed by atoms with Gasteiger partial charge in [-0.15, -0.1) is 0 Å². The highest BCUT2D eigenvalue weighted by Gasteiger charge is 2.81. The standard InChI is InChI=1S/C10H10Br4O4/c1-17-10(18-2)8(13)3-4(7(15)16)9(10,14)6(12)5(8)11/h4H,3H2,1-2H3,(H,15,16)/t4-,8-,9+/m1/s1. The molecule has 0 aromatic rings. The zero-order chi connectivity index (χ0) is 13.9. The topological polar surface area (TPSA) is 55.8 Å². The number of hydrogen-bond donors (Lipinski definition) is 1. The van der Waals surface area contributed by atoms with Gasteiger partial charge in [-0.3, -0.25) is 4.79 Å². The number of hydrogen-bond acceptors (Lipinski definition) is 3. The number of halogens is 4. The molecule has 0 saturated heterocycles. The lowest BCUT2D eigenvalue weighted by Crippen LogP contribution is -2.57. The smallest absolute Gasteiger partial charge is 0.308 e. The Balaban J connectivity index is 2.73. The molecule has 2 aliphatic carbocycles. The molecule has 2 rings (SSSR count). The number of alkyl halides is 2. The Kier molecular flexibility index (Phi) is 3.88. The van der Waals surface area contributed by atoms with Crippen LogP contribution in [-0.4, -0.2) is 39.7 Å². The van der Waals surface area contributed by atoms with Gasteiger partial charge in [-0.2, -0.15) is 0 Å². The number of methoxy groups -OCH3 is 2. The van der Waals surface area contributed by atoms with Gasteiger partial charge in [-0.1, -0.05) is 63.7 Å². The Labute approximate surface area is 138 Å². The summed E-state index contributed by atoms with van der Waals surface area (Å²) in [6.45, 7) is 0. The molecular weight excluding hydrogens is 504 g/mol. The summed E-state index contributed by atoms with van der Waals surface area (Å²) < 4.78 is 10.9. The van der Waals surface area contributed by atoms with Crippen molar-refractivity contribution in [2.45, 2.75) is 20.9 Å². The molecule has 2 aliphatic rings. The van der Waals surface area contributed by atoms with Gasteiger partial charge in [0.15, 0.2) is 0 Å². The third-order valence-electron chi connectivity index (χ3n) is 3.70. The molecular formula is C10H10Br4O4. The van der Waals surface area contributed by atoms with Crippen molar-refractivity contribution >= 4 is 69.7 Å². The van der Waals surface area contributed by atoms with Crippen LogP contribution in [0.3, 0.4) is 0 Å². The maximum atomic E-state index is 11.5. The maximum Gasteiger partial charge on any atom is 0.308 e. The highest BCUT2D eigenvalue weighted by atomic mass is 79.9. The van der Waals surface area contributed by atoms with Crippen LogP contribution in [0.1, 0.15) is 6.42 Å². The van der Waals surface area contributed by atoms with E-state index in [0.29, 0.717) is 10.9 Å². The first-order chi connectivity index (χ1) is 8.23. The minimum atomic E-state index is -1.14. The fourth-order valence-electron chi connectivity index (χ4n) is 2.90. The van der Waals surface area contributed by atoms with E-state index in [1.54, 1.807) is 0 Å². The summed E-state index contributed by atoms with van der Waals surface area (Å²) in [5.41, 5.74) is 0. The van der Waals surface area contributed by atoms with Crippen molar-refractivity contribution in [3.05, 3.63) is 8.96 Å². The molecule has 0 spiro atoms. The summed E-state index contributed by atoms with van der Waals surface area (Å²) in [6.07, 6.45) is 0.352. The van der Waals surface area contributed by atoms with Gasteiger partial charge in [-0.05, 0) is 6.42 Å². The van der Waals surface area contributed by atoms with Crippen LogP contribution in [0.5, 0.6) is 0 Å². The van der Waals surface area contributed by atoms with Crippen LogP contribution in [0.15, 0.2) is 8.96 Å². The average molecular weight is 514 g/mol. The molecule has 102 valence electrons. The van der Waals surface area contributed by atoms with Crippen molar-refractivity contribution in [3.63, 3.8) is 0 Å². The lowest BCUT2D eigenvalue weighted by molar-refractivity contribution is -0.213. The molecule has 0 heterocycles. The molecule has 1 fully saturated rings. The molecule has 0 aromatic heterocycles. The van der Waals surface area contributed by atoms with Gasteiger partial charge >= 0.3 is 5.97 Å². The predicted molar refractivity (Wildman–Crippen MR) is 80.7 cm³/mol. The first-order valence-electron chi connectivity index (χ1n) is 5.00. The first kappa shape index (κ1) is 15.4. The molecule has 8 heteroatoms. The number of carboxylic acids is 1. The van der Waals surface area contributed by atoms with Crippen LogP contribution in [0.2, 0.25) is 0 Å². The Hall–Kier alpha value is 1.05. The van der Waals surface area contributed by atoms with Crippen LogP contribution < -0.4 is 0 Å². The van der Waals surface area contributed by atoms with Crippen molar-refractivity contribution in [1.29, 1.82) is 0 Å². The van der Waals surface area contributed by atoms with Crippen LogP contribution >= 0.6 is 63.7 Å². The molecule has 1 N–H and O–H groups in total. The van der Waals surface area contributed by atoms with E-state index in [9.17, 15) is 9.90 Å². The van der Waals surface area contributed by atoms with Gasteiger partial charge in [0.25, 0.3) is 0 Å². The largest absolute Gasteiger partial charge is 0.481 e. The fourth-order valence-corrected chi connectivity index (χ4v) is 7.69. The summed E-state index contributed by atoms with van der Waals surface area (Å²) in [4.78, 5) is 11.5. The molecule has 2 bridgehead atoms. The highest BCUT2D eigenvalue weighted by molar-refractivity contribution is 9.16. The fraction of sp³-hybridized carbons (Fsp3) is 0.700. The second kappa shape index (κ2) is 4.53. The maximum absolute atomic E-state index is 11.5. The van der Waals surface area contributed by atoms with Gasteiger partial charge in [-0.25, -0.2) is 0 Å². The summed E-state index contributed by atoms with van der Waals surface area (Å²) in [5, 5.41) is 9.42. The van der Waals surface area contributed by atoms with E-state index < -0.39 is 26.3 Å². The Morgan fingerprint density at radius 3 is 2.11 bits per heavy atom. The van der Waals surface area contributed by atoms with E-state index >= 15 is 0 Å². The monoisotopic (exact) mass is 510 g/mol. The van der Waals surface area contributed by atoms with Gasteiger partial charge < -0.3 is 14.6 Å². The molecule has 0 unspecified atom stereocenters. The van der Waals surface area contributed by atoms with E-state index in [0.717, 1.165) is 4.48 Å². The quantitative estimate of drug-likeness (QED) is 0.465. The number of aliphatic carboxylic acids is 1. The van der Waals surface area contributed by atoms with Crippen molar-refractivity contribution < 1.29 is 19.4 Å². The summed E-state index contributed by atoms with van der Waals surface area (Å²) in [7, 11) is 3.01. The summed E-state index contributed by atoms with van der Waals surface area (Å²) in [5.74, 6) is -2.71. The third kappa shape index (κ3) is 1.40. The van der Waals surface area contributed by atoms with Crippen molar-refractivity contribution in [3.8, 4) is 0 Å². The van der Waals surface area contributed by atoms with E-state index in [-0.39, 0.29) is 0 Å². The Morgan fingerprint density at radius 1 is 1.28 bits per heavy atom. The highest BCUT2D eigenvalue weighted by Crippen LogP contribution is 2.73. The van der Waals surface area contributed by atoms with Gasteiger partial charge in [0.1, 0.15) is 8.65 Å². The van der Waals surface area contributed by atoms with Crippen LogP contribution in [0.25, 0.3) is 0 Å². The van der Waals surface area contributed by atoms with E-state index in [1.807, 2.05) is 0 Å². The number of rotatable bonds is 3. The molecule has 3 atom stereocenters. The average Bonchev–Trinajstić information content (AvgIpc) is 2.60. The molecule has 0 amide bonds. The normalized spacial score (nSPS) is 41.6. The van der Waals surface area contributed by atoms with E-state index in [1.165, 1.54) is 14.2 Å². The summed E-state index contributed by atoms with van der Waals surface area (Å²) in [6, 6.07) is 0. The van der Waals surface area contributed by atoms with Crippen LogP contribution in [-0.2, 0) is 14.3 Å². The van der Waals surface area contributed by atoms with E-state index in [2.05, 4.69) is 63.7 Å². The predicted octanol–water partition coefficient (Wildman–Crippen LogP) is 3.36. The zero-order valence-corrected chi connectivity index (χ0v) is 15.8. The Morgan fingerprint density at radius 2 is 1.78 bits per heavy atom. The van der Waals surface area contributed by atoms with Crippen LogP contribution in [0.4, 0.5) is 0 Å². The minimum Gasteiger partial charge on any atom is -0.481 e. The van der Waals surface area contributed by atoms with E-state index in [4.69, 9.17) is 9.47 Å². The van der Waals surface area contributed by atoms with Gasteiger partial charge in [0.2, 0.25) is 5.79 Å². The second-order valence-corrected chi connectivity index (χ2v) is 8.45. The van der Waals surface area contributed by atoms with Crippen LogP contribution in [0, 0.1) is 5.92 Å². The SMILES string of the molecule is COC1(OC)[C@@]2(Br)C[C@H](C(=O)O)[C@]1(Br)C(Br)=C2Br. The lowest BCUT2D eigenvalue weighted by atomic mass is 9.92. The molecule has 1 saturated carbocycles. The third-order valence-corrected chi connectivity index (χ3v) is 10.1.